The number of hydrogen-bond donors (Lipinski definition) is 4. The second-order valence-corrected chi connectivity index (χ2v) is 38.8. The standard InChI is InChI=1S/C21H12Cl4N2O3S.C15H8Cl2N2O3.C15H10Cl2N2O.C9H7NO.ClH.I3.I2.HI.H3N/c22-13-5-6-20(16(23)8-13)31(28,29)27-14-9-17(24)21(18(25)10-14)30-15-7-12-3-1-2-4-19(12)26-11-15;16-12-6-10(19(20)21)7-13(17)15(12)22-11-5-9-3-1-2-4-14(9)18-8-11;16-12-6-10(18)7-13(17)15(12)20-11-5-9-3-1-2-4-14(9)19-8-11;11-8-5-7-3-1-2-4-9(7)10-6-8;;1-3-2;1-2;;/h1-11,27H;1-8H;1-8H,18H2;1-6,11H;1H;;;1H;1H3/q;;;;;-1;;;. The van der Waals surface area contributed by atoms with Gasteiger partial charge in [0.25, 0.3) is 15.7 Å². The number of nitro groups is 1. The van der Waals surface area contributed by atoms with Crippen molar-refractivity contribution >= 4 is 274 Å². The Labute approximate surface area is 643 Å². The van der Waals surface area contributed by atoms with E-state index in [9.17, 15) is 18.5 Å². The summed E-state index contributed by atoms with van der Waals surface area (Å²) in [5.74, 6) is 2.36. The summed E-state index contributed by atoms with van der Waals surface area (Å²) in [6.07, 6.45) is 6.16. The van der Waals surface area contributed by atoms with Gasteiger partial charge in [-0.15, -0.1) is 36.4 Å². The first-order valence-corrected chi connectivity index (χ1v) is 48.0. The van der Waals surface area contributed by atoms with Gasteiger partial charge in [0.1, 0.15) is 27.9 Å². The average molecular weight is 2120 g/mol. The van der Waals surface area contributed by atoms with Crippen LogP contribution >= 0.6 is 204 Å². The first-order valence-electron chi connectivity index (χ1n) is 24.7. The third-order valence-corrected chi connectivity index (χ3v) is 15.4. The summed E-state index contributed by atoms with van der Waals surface area (Å²) in [5.41, 5.74) is 9.55. The van der Waals surface area contributed by atoms with E-state index in [1.807, 2.05) is 103 Å². The molecule has 0 radical (unpaired) electrons. The van der Waals surface area contributed by atoms with E-state index in [1.54, 1.807) is 42.7 Å². The molecule has 12 rings (SSSR count). The van der Waals surface area contributed by atoms with Crippen molar-refractivity contribution in [2.75, 3.05) is 10.5 Å². The van der Waals surface area contributed by atoms with Crippen molar-refractivity contribution in [3.63, 3.8) is 0 Å². The van der Waals surface area contributed by atoms with Gasteiger partial charge in [0.05, 0.1) is 92.6 Å². The number of hydrogen-bond acceptors (Lipinski definition) is 14. The third-order valence-electron chi connectivity index (χ3n) is 11.6. The second-order valence-electron chi connectivity index (χ2n) is 17.6. The molecule has 0 aliphatic heterocycles. The first-order chi connectivity index (χ1) is 42.7. The molecule has 482 valence electrons. The fourth-order valence-corrected chi connectivity index (χ4v) is 11.3. The smallest absolute Gasteiger partial charge is 0.272 e. The zero-order chi connectivity index (χ0) is 64.4. The fraction of sp³-hybridized carbons (Fsp3) is 0. The number of anilines is 2. The summed E-state index contributed by atoms with van der Waals surface area (Å²) in [6, 6.07) is 50.1. The number of nitrogens with two attached hydrogens (primary N) is 1. The number of para-hydroxylation sites is 4. The predicted octanol–water partition coefficient (Wildman–Crippen LogP) is 21.3. The largest absolute Gasteiger partial charge is 0.506 e. The van der Waals surface area contributed by atoms with Gasteiger partial charge in [-0.05, 0) is 91.0 Å². The number of nitro benzene ring substituents is 1. The van der Waals surface area contributed by atoms with Crippen molar-refractivity contribution in [1.82, 2.24) is 26.1 Å². The monoisotopic (exact) mass is 2110 g/mol. The molecule has 0 atom stereocenters. The third kappa shape index (κ3) is 23.4. The van der Waals surface area contributed by atoms with Crippen molar-refractivity contribution in [3.8, 4) is 40.2 Å². The molecule has 0 spiro atoms. The molecule has 7 N–H and O–H groups in total. The van der Waals surface area contributed by atoms with Gasteiger partial charge in [0, 0.05) is 81.6 Å². The normalized spacial score (nSPS) is 10.3. The number of fused-ring (bicyclic) bond motifs is 4. The molecule has 32 heteroatoms. The van der Waals surface area contributed by atoms with E-state index < -0.39 is 14.9 Å². The molecule has 0 aliphatic rings. The van der Waals surface area contributed by atoms with Crippen LogP contribution < -0.4 is 44.1 Å². The molecule has 92 heavy (non-hydrogen) atoms. The molecule has 0 amide bonds. The van der Waals surface area contributed by atoms with E-state index in [-0.39, 0.29) is 101 Å². The van der Waals surface area contributed by atoms with E-state index in [0.717, 1.165) is 43.6 Å². The maximum absolute atomic E-state index is 12.7. The number of nitrogen functional groups attached to an aromatic ring is 1. The van der Waals surface area contributed by atoms with E-state index in [0.29, 0.717) is 57.0 Å². The van der Waals surface area contributed by atoms with Gasteiger partial charge in [-0.25, -0.2) is 8.42 Å². The van der Waals surface area contributed by atoms with E-state index >= 15 is 0 Å². The van der Waals surface area contributed by atoms with Crippen LogP contribution in [0.3, 0.4) is 0 Å². The SMILES string of the molecule is Cl.I.II.I[I-]I.N.Nc1cc(Cl)c(Oc2cnc3ccccc3c2)c(Cl)c1.O=S(=O)(Nc1cc(Cl)c(Oc2cnc3ccccc3c2)c(Cl)c1)c1ccc(Cl)cc1Cl.O=[N+]([O-])c1cc(Cl)c(Oc2cnc3ccccc3c2)c(Cl)c1.Oc1cnc2ccccc2c1. The van der Waals surface area contributed by atoms with E-state index in [2.05, 4.69) is 99.1 Å². The van der Waals surface area contributed by atoms with Crippen molar-refractivity contribution in [2.45, 2.75) is 4.90 Å². The Morgan fingerprint density at radius 2 is 0.826 bits per heavy atom. The van der Waals surface area contributed by atoms with Crippen molar-refractivity contribution < 1.29 is 45.9 Å². The number of nitrogens with one attached hydrogen (secondary N) is 1. The van der Waals surface area contributed by atoms with Gasteiger partial charge in [-0.2, -0.15) is 0 Å². The van der Waals surface area contributed by atoms with Crippen molar-refractivity contribution in [1.29, 1.82) is 0 Å². The van der Waals surface area contributed by atoms with Gasteiger partial charge in [0.2, 0.25) is 0 Å². The van der Waals surface area contributed by atoms with Crippen LogP contribution in [0.5, 0.6) is 40.2 Å². The number of benzene rings is 8. The van der Waals surface area contributed by atoms with Crippen molar-refractivity contribution in [2.24, 2.45) is 0 Å². The summed E-state index contributed by atoms with van der Waals surface area (Å²) in [7, 11) is -4.00. The Balaban J connectivity index is 0.000000264. The van der Waals surface area contributed by atoms with Crippen LogP contribution in [0, 0.1) is 10.1 Å². The number of ether oxygens (including phenoxy) is 3. The summed E-state index contributed by atoms with van der Waals surface area (Å²) in [6.45, 7) is 0. The van der Waals surface area contributed by atoms with E-state index in [1.165, 1.54) is 54.9 Å². The molecule has 0 fully saturated rings. The van der Waals surface area contributed by atoms with Crippen LogP contribution in [-0.2, 0) is 10.0 Å². The zero-order valence-corrected chi connectivity index (χ0v) is 66.8. The number of pyridine rings is 4. The molecule has 12 aromatic rings. The van der Waals surface area contributed by atoms with Crippen LogP contribution in [-0.4, -0.2) is 38.4 Å². The number of aromatic hydroxyl groups is 1. The maximum Gasteiger partial charge on any atom is 0.272 e. The molecule has 0 aliphatic carbocycles. The van der Waals surface area contributed by atoms with Crippen LogP contribution in [0.1, 0.15) is 0 Å². The Hall–Kier alpha value is -3.50. The van der Waals surface area contributed by atoms with Crippen LogP contribution in [0.2, 0.25) is 40.2 Å². The zero-order valence-electron chi connectivity index (χ0n) is 46.0. The quantitative estimate of drug-likeness (QED) is 0.0430. The Bertz CT molecular complexity index is 4560. The number of nitrogens with zero attached hydrogens (tertiary/aromatic N) is 5. The minimum Gasteiger partial charge on any atom is -0.506 e. The van der Waals surface area contributed by atoms with Gasteiger partial charge in [0.15, 0.2) is 17.2 Å². The Kier molecular flexibility index (Phi) is 34.9. The number of aromatic nitrogens is 4. The predicted molar refractivity (Wildman–Crippen MR) is 420 cm³/mol. The molecule has 4 heterocycles. The molecule has 8 aromatic carbocycles. The summed E-state index contributed by atoms with van der Waals surface area (Å²) < 4.78 is 45.0. The summed E-state index contributed by atoms with van der Waals surface area (Å²) in [4.78, 5) is 27.0. The maximum atomic E-state index is 12.7. The fourth-order valence-electron chi connectivity index (χ4n) is 7.78. The molecule has 0 bridgehead atoms. The topological polar surface area (TPSA) is 250 Å². The molecule has 0 unspecified atom stereocenters. The van der Waals surface area contributed by atoms with Gasteiger partial charge in [-0.1, -0.05) is 166 Å². The number of sulfonamides is 1. The Morgan fingerprint density at radius 1 is 0.500 bits per heavy atom. The number of rotatable bonds is 10. The minimum atomic E-state index is -4.00. The number of halogens is 15. The second kappa shape index (κ2) is 39.6. The van der Waals surface area contributed by atoms with Crippen LogP contribution in [0.15, 0.2) is 206 Å². The summed E-state index contributed by atoms with van der Waals surface area (Å²) >= 11 is 58.2. The van der Waals surface area contributed by atoms with Gasteiger partial charge < -0.3 is 31.2 Å². The molecule has 0 saturated carbocycles. The molecule has 16 nitrogen and oxygen atoms in total. The average Bonchev–Trinajstić information content (AvgIpc) is 0.908. The Morgan fingerprint density at radius 3 is 1.18 bits per heavy atom. The molecular formula is C60H42Cl9I6N8O8S-. The minimum absolute atomic E-state index is 0. The summed E-state index contributed by atoms with van der Waals surface area (Å²) in [5, 5.41) is 24.9. The van der Waals surface area contributed by atoms with Crippen molar-refractivity contribution in [3.05, 3.63) is 251 Å². The molecular weight excluding hydrogens is 2070 g/mol. The first kappa shape index (κ1) is 80.9. The molecule has 4 aromatic heterocycles. The number of non-ortho nitro benzene ring substituents is 1. The van der Waals surface area contributed by atoms with Crippen LogP contribution in [0.25, 0.3) is 43.6 Å². The van der Waals surface area contributed by atoms with Gasteiger partial charge in [-0.3, -0.25) is 34.8 Å². The van der Waals surface area contributed by atoms with Gasteiger partial charge >= 0.3 is 50.5 Å². The van der Waals surface area contributed by atoms with Crippen LogP contribution in [0.4, 0.5) is 17.1 Å². The van der Waals surface area contributed by atoms with E-state index in [4.69, 9.17) is 118 Å². The molecule has 0 saturated heterocycles.